The van der Waals surface area contributed by atoms with E-state index in [1.165, 1.54) is 13.2 Å². The normalized spacial score (nSPS) is 14.8. The summed E-state index contributed by atoms with van der Waals surface area (Å²) in [6.45, 7) is 3.52. The molecule has 0 unspecified atom stereocenters. The van der Waals surface area contributed by atoms with Crippen LogP contribution in [0.25, 0.3) is 6.08 Å². The number of amides is 4. The quantitative estimate of drug-likeness (QED) is 0.238. The molecule has 10 heteroatoms. The number of barbiturate groups is 1. The van der Waals surface area contributed by atoms with Gasteiger partial charge in [-0.05, 0) is 72.3 Å². The van der Waals surface area contributed by atoms with Crippen molar-refractivity contribution in [3.63, 3.8) is 0 Å². The zero-order chi connectivity index (χ0) is 24.1. The largest absolute Gasteiger partial charge is 0.493 e. The van der Waals surface area contributed by atoms with E-state index in [0.717, 1.165) is 10.5 Å². The maximum atomic E-state index is 13.0. The monoisotopic (exact) mass is 564 g/mol. The van der Waals surface area contributed by atoms with Gasteiger partial charge in [-0.2, -0.15) is 0 Å². The molecule has 9 nitrogen and oxygen atoms in total. The summed E-state index contributed by atoms with van der Waals surface area (Å²) in [4.78, 5) is 50.3. The van der Waals surface area contributed by atoms with Crippen molar-refractivity contribution in [2.45, 2.75) is 13.8 Å². The number of carbonyl (C=O) groups excluding carboxylic acids is 4. The Hall–Kier alpha value is -3.41. The number of nitrogens with one attached hydrogen (secondary N) is 1. The van der Waals surface area contributed by atoms with E-state index < -0.39 is 23.8 Å². The van der Waals surface area contributed by atoms with Gasteiger partial charge in [0.05, 0.1) is 23.0 Å². The summed E-state index contributed by atoms with van der Waals surface area (Å²) in [5.41, 5.74) is 1.56. The second-order valence-corrected chi connectivity index (χ2v) is 8.08. The highest BCUT2D eigenvalue weighted by atomic mass is 127. The number of esters is 1. The molecule has 0 aromatic heterocycles. The third kappa shape index (κ3) is 5.51. The lowest BCUT2D eigenvalue weighted by Crippen LogP contribution is -2.54. The van der Waals surface area contributed by atoms with Gasteiger partial charge in [-0.1, -0.05) is 17.7 Å². The number of imide groups is 2. The minimum absolute atomic E-state index is 0.215. The van der Waals surface area contributed by atoms with Crippen LogP contribution >= 0.6 is 22.6 Å². The second-order valence-electron chi connectivity index (χ2n) is 6.92. The minimum Gasteiger partial charge on any atom is -0.493 e. The van der Waals surface area contributed by atoms with E-state index in [-0.39, 0.29) is 18.8 Å². The lowest BCUT2D eigenvalue weighted by atomic mass is 10.1. The zero-order valence-electron chi connectivity index (χ0n) is 18.1. The number of halogens is 1. The van der Waals surface area contributed by atoms with Gasteiger partial charge in [0, 0.05) is 0 Å². The second kappa shape index (κ2) is 10.5. The molecule has 1 saturated heterocycles. The van der Waals surface area contributed by atoms with Gasteiger partial charge in [-0.3, -0.25) is 14.9 Å². The highest BCUT2D eigenvalue weighted by Gasteiger charge is 2.36. The smallest absolute Gasteiger partial charge is 0.344 e. The van der Waals surface area contributed by atoms with Crippen LogP contribution in [0.3, 0.4) is 0 Å². The summed E-state index contributed by atoms with van der Waals surface area (Å²) in [5, 5.41) is 2.19. The van der Waals surface area contributed by atoms with Gasteiger partial charge in [0.15, 0.2) is 18.1 Å². The molecule has 33 heavy (non-hydrogen) atoms. The van der Waals surface area contributed by atoms with E-state index in [1.54, 1.807) is 43.3 Å². The standard InChI is InChI=1S/C23H21IN2O7/c1-4-32-19(27)12-33-20-17(24)10-14(11-18(20)31-3)9-16-21(28)25-23(30)26(22(16)29)15-7-5-13(2)6-8-15/h5-11H,4,12H2,1-3H3,(H,25,28,30)/b16-9+. The van der Waals surface area contributed by atoms with Crippen molar-refractivity contribution >= 4 is 58.2 Å². The molecule has 1 heterocycles. The average Bonchev–Trinajstić information content (AvgIpc) is 2.77. The van der Waals surface area contributed by atoms with E-state index in [0.29, 0.717) is 26.3 Å². The van der Waals surface area contributed by atoms with Crippen LogP contribution in [0.4, 0.5) is 10.5 Å². The molecule has 1 fully saturated rings. The van der Waals surface area contributed by atoms with E-state index in [2.05, 4.69) is 5.32 Å². The van der Waals surface area contributed by atoms with Crippen LogP contribution < -0.4 is 19.7 Å². The molecule has 2 aromatic rings. The van der Waals surface area contributed by atoms with Crippen molar-refractivity contribution < 1.29 is 33.4 Å². The number of anilines is 1. The fraction of sp³-hybridized carbons (Fsp3) is 0.217. The van der Waals surface area contributed by atoms with Gasteiger partial charge >= 0.3 is 12.0 Å². The molecule has 1 aliphatic rings. The fourth-order valence-electron chi connectivity index (χ4n) is 3.05. The number of urea groups is 1. The first-order chi connectivity index (χ1) is 15.7. The van der Waals surface area contributed by atoms with Gasteiger partial charge in [-0.25, -0.2) is 14.5 Å². The molecule has 0 saturated carbocycles. The molecule has 3 rings (SSSR count). The van der Waals surface area contributed by atoms with Crippen LogP contribution in [0, 0.1) is 10.5 Å². The lowest BCUT2D eigenvalue weighted by Gasteiger charge is -2.26. The molecule has 0 atom stereocenters. The Labute approximate surface area is 203 Å². The van der Waals surface area contributed by atoms with Crippen molar-refractivity contribution in [3.8, 4) is 11.5 Å². The maximum Gasteiger partial charge on any atom is 0.344 e. The van der Waals surface area contributed by atoms with E-state index in [9.17, 15) is 19.2 Å². The van der Waals surface area contributed by atoms with Crippen molar-refractivity contribution in [2.24, 2.45) is 0 Å². The van der Waals surface area contributed by atoms with Crippen LogP contribution in [-0.4, -0.2) is 44.1 Å². The van der Waals surface area contributed by atoms with E-state index >= 15 is 0 Å². The van der Waals surface area contributed by atoms with Crippen molar-refractivity contribution in [3.05, 3.63) is 56.7 Å². The predicted octanol–water partition coefficient (Wildman–Crippen LogP) is 3.22. The highest BCUT2D eigenvalue weighted by Crippen LogP contribution is 2.35. The zero-order valence-corrected chi connectivity index (χ0v) is 20.3. The molecule has 172 valence electrons. The van der Waals surface area contributed by atoms with Crippen LogP contribution in [0.2, 0.25) is 0 Å². The van der Waals surface area contributed by atoms with Gasteiger partial charge in [-0.15, -0.1) is 0 Å². The Morgan fingerprint density at radius 2 is 1.85 bits per heavy atom. The number of hydrogen-bond acceptors (Lipinski definition) is 7. The number of carbonyl (C=O) groups is 4. The summed E-state index contributed by atoms with van der Waals surface area (Å²) >= 11 is 1.99. The Balaban J connectivity index is 1.93. The van der Waals surface area contributed by atoms with Crippen molar-refractivity contribution in [1.29, 1.82) is 0 Å². The number of aryl methyl sites for hydroxylation is 1. The first-order valence-corrected chi connectivity index (χ1v) is 11.0. The number of rotatable bonds is 7. The Kier molecular flexibility index (Phi) is 7.69. The Bertz CT molecular complexity index is 1140. The SMILES string of the molecule is CCOC(=O)COc1c(I)cc(/C=C2\C(=O)NC(=O)N(c3ccc(C)cc3)C2=O)cc1OC. The molecule has 4 amide bonds. The summed E-state index contributed by atoms with van der Waals surface area (Å²) in [6.07, 6.45) is 1.37. The molecular formula is C23H21IN2O7. The number of benzene rings is 2. The van der Waals surface area contributed by atoms with Crippen LogP contribution in [0.1, 0.15) is 18.1 Å². The highest BCUT2D eigenvalue weighted by molar-refractivity contribution is 14.1. The van der Waals surface area contributed by atoms with E-state index in [4.69, 9.17) is 14.2 Å². The number of methoxy groups -OCH3 is 1. The molecule has 2 aromatic carbocycles. The summed E-state index contributed by atoms with van der Waals surface area (Å²) in [7, 11) is 1.43. The Morgan fingerprint density at radius 3 is 2.48 bits per heavy atom. The van der Waals surface area contributed by atoms with Gasteiger partial charge in [0.2, 0.25) is 0 Å². The molecule has 0 bridgehead atoms. The topological polar surface area (TPSA) is 111 Å². The summed E-state index contributed by atoms with van der Waals surface area (Å²) in [5.74, 6) is -1.45. The average molecular weight is 564 g/mol. The van der Waals surface area contributed by atoms with Gasteiger partial charge in [0.25, 0.3) is 11.8 Å². The van der Waals surface area contributed by atoms with Crippen LogP contribution in [-0.2, 0) is 19.1 Å². The maximum absolute atomic E-state index is 13.0. The molecular weight excluding hydrogens is 543 g/mol. The first kappa shape index (κ1) is 24.2. The number of nitrogens with zero attached hydrogens (tertiary/aromatic N) is 1. The van der Waals surface area contributed by atoms with Gasteiger partial charge < -0.3 is 14.2 Å². The Morgan fingerprint density at radius 1 is 1.15 bits per heavy atom. The van der Waals surface area contributed by atoms with Crippen molar-refractivity contribution in [1.82, 2.24) is 5.32 Å². The fourth-order valence-corrected chi connectivity index (χ4v) is 3.83. The third-order valence-corrected chi connectivity index (χ3v) is 5.40. The van der Waals surface area contributed by atoms with E-state index in [1.807, 2.05) is 29.5 Å². The molecule has 0 spiro atoms. The lowest BCUT2D eigenvalue weighted by molar-refractivity contribution is -0.145. The predicted molar refractivity (Wildman–Crippen MR) is 128 cm³/mol. The summed E-state index contributed by atoms with van der Waals surface area (Å²) < 4.78 is 16.3. The van der Waals surface area contributed by atoms with Crippen LogP contribution in [0.5, 0.6) is 11.5 Å². The first-order valence-electron chi connectivity index (χ1n) is 9.89. The minimum atomic E-state index is -0.819. The summed E-state index contributed by atoms with van der Waals surface area (Å²) in [6, 6.07) is 9.17. The van der Waals surface area contributed by atoms with Crippen molar-refractivity contribution in [2.75, 3.05) is 25.2 Å². The third-order valence-electron chi connectivity index (χ3n) is 4.60. The molecule has 0 radical (unpaired) electrons. The molecule has 0 aliphatic carbocycles. The number of hydrogen-bond donors (Lipinski definition) is 1. The van der Waals surface area contributed by atoms with Gasteiger partial charge in [0.1, 0.15) is 5.57 Å². The number of ether oxygens (including phenoxy) is 3. The molecule has 1 aliphatic heterocycles. The van der Waals surface area contributed by atoms with Crippen LogP contribution in [0.15, 0.2) is 42.0 Å². The molecule has 1 N–H and O–H groups in total.